The fourth-order valence-corrected chi connectivity index (χ4v) is 9.07. The molecule has 276 valence electrons. The summed E-state index contributed by atoms with van der Waals surface area (Å²) in [6.45, 7) is 0. The van der Waals surface area contributed by atoms with Gasteiger partial charge in [0.15, 0.2) is 0 Å². The standard InChI is InChI=1S/C58H39N/c1-5-18-41(19-6-1)53-39-54(42-20-7-2-8-21-42)57-51-28-16-15-27-50(51)55-38-46(45-30-29-40-17-13-14-22-44(40)37-45)33-36-52(55)58(57)56(53)43-31-34-49(35-32-43)59(47-23-9-3-10-24-47)48-25-11-4-12-26-48/h1-39H. The van der Waals surface area contributed by atoms with E-state index in [1.54, 1.807) is 0 Å². The van der Waals surface area contributed by atoms with E-state index in [9.17, 15) is 0 Å². The summed E-state index contributed by atoms with van der Waals surface area (Å²) in [5.74, 6) is 0. The van der Waals surface area contributed by atoms with Crippen molar-refractivity contribution in [2.45, 2.75) is 0 Å². The molecule has 0 N–H and O–H groups in total. The molecule has 0 bridgehead atoms. The minimum absolute atomic E-state index is 1.10. The van der Waals surface area contributed by atoms with Crippen LogP contribution in [0.4, 0.5) is 17.1 Å². The maximum atomic E-state index is 2.44. The van der Waals surface area contributed by atoms with Crippen molar-refractivity contribution in [2.24, 2.45) is 0 Å². The Morgan fingerprint density at radius 2 is 0.712 bits per heavy atom. The second-order valence-electron chi connectivity index (χ2n) is 15.2. The molecule has 0 aliphatic heterocycles. The third-order valence-electron chi connectivity index (χ3n) is 11.8. The normalized spacial score (nSPS) is 11.4. The highest BCUT2D eigenvalue weighted by Gasteiger charge is 2.22. The molecule has 0 amide bonds. The highest BCUT2D eigenvalue weighted by atomic mass is 15.1. The quantitative estimate of drug-likeness (QED) is 0.147. The minimum Gasteiger partial charge on any atom is -0.311 e. The summed E-state index contributed by atoms with van der Waals surface area (Å²) < 4.78 is 0. The Kier molecular flexibility index (Phi) is 8.56. The Balaban J connectivity index is 1.23. The summed E-state index contributed by atoms with van der Waals surface area (Å²) in [7, 11) is 0. The van der Waals surface area contributed by atoms with Crippen LogP contribution in [-0.2, 0) is 0 Å². The van der Waals surface area contributed by atoms with Gasteiger partial charge in [-0.3, -0.25) is 0 Å². The molecular formula is C58H39N. The SMILES string of the molecule is c1ccc(-c2cc(-c3ccccc3)c3c4ccccc4c4cc(-c5ccc6ccccc6c5)ccc4c3c2-c2ccc(N(c3ccccc3)c3ccccc3)cc2)cc1. The van der Waals surface area contributed by atoms with Gasteiger partial charge in [-0.25, -0.2) is 0 Å². The second kappa shape index (κ2) is 14.6. The molecule has 0 aliphatic rings. The summed E-state index contributed by atoms with van der Waals surface area (Å²) in [6, 6.07) is 86.3. The number of hydrogen-bond acceptors (Lipinski definition) is 1. The zero-order valence-electron chi connectivity index (χ0n) is 32.5. The van der Waals surface area contributed by atoms with Crippen LogP contribution in [0.1, 0.15) is 0 Å². The van der Waals surface area contributed by atoms with Crippen molar-refractivity contribution >= 4 is 60.2 Å². The topological polar surface area (TPSA) is 3.24 Å². The molecule has 0 atom stereocenters. The summed E-state index contributed by atoms with van der Waals surface area (Å²) in [5.41, 5.74) is 13.0. The third kappa shape index (κ3) is 6.12. The van der Waals surface area contributed by atoms with Crippen LogP contribution in [0.25, 0.3) is 87.6 Å². The van der Waals surface area contributed by atoms with Crippen LogP contribution in [0.15, 0.2) is 237 Å². The Hall–Kier alpha value is -7.74. The van der Waals surface area contributed by atoms with Gasteiger partial charge in [-0.2, -0.15) is 0 Å². The van der Waals surface area contributed by atoms with E-state index in [-0.39, 0.29) is 0 Å². The monoisotopic (exact) mass is 749 g/mol. The van der Waals surface area contributed by atoms with Gasteiger partial charge in [0, 0.05) is 17.1 Å². The highest BCUT2D eigenvalue weighted by Crippen LogP contribution is 2.50. The molecule has 0 aromatic heterocycles. The molecule has 11 rings (SSSR count). The molecular weight excluding hydrogens is 711 g/mol. The van der Waals surface area contributed by atoms with Crippen molar-refractivity contribution in [2.75, 3.05) is 4.90 Å². The first-order valence-corrected chi connectivity index (χ1v) is 20.3. The molecule has 0 radical (unpaired) electrons. The van der Waals surface area contributed by atoms with Crippen LogP contribution in [0.5, 0.6) is 0 Å². The average molecular weight is 750 g/mol. The number of fused-ring (bicyclic) bond motifs is 7. The molecule has 0 unspecified atom stereocenters. The lowest BCUT2D eigenvalue weighted by molar-refractivity contribution is 1.28. The first-order valence-electron chi connectivity index (χ1n) is 20.3. The fourth-order valence-electron chi connectivity index (χ4n) is 9.07. The molecule has 1 nitrogen and oxygen atoms in total. The van der Waals surface area contributed by atoms with Gasteiger partial charge in [-0.05, 0) is 142 Å². The minimum atomic E-state index is 1.10. The molecule has 0 fully saturated rings. The van der Waals surface area contributed by atoms with Gasteiger partial charge in [0.1, 0.15) is 0 Å². The molecule has 59 heavy (non-hydrogen) atoms. The number of nitrogens with zero attached hydrogens (tertiary/aromatic N) is 1. The van der Waals surface area contributed by atoms with Crippen molar-refractivity contribution in [1.29, 1.82) is 0 Å². The first kappa shape index (κ1) is 34.5. The largest absolute Gasteiger partial charge is 0.311 e. The van der Waals surface area contributed by atoms with Gasteiger partial charge >= 0.3 is 0 Å². The van der Waals surface area contributed by atoms with E-state index in [0.29, 0.717) is 0 Å². The summed E-state index contributed by atoms with van der Waals surface area (Å²) in [4.78, 5) is 2.33. The van der Waals surface area contributed by atoms with Crippen molar-refractivity contribution in [3.8, 4) is 44.5 Å². The molecule has 11 aromatic carbocycles. The summed E-state index contributed by atoms with van der Waals surface area (Å²) in [6.07, 6.45) is 0. The van der Waals surface area contributed by atoms with E-state index in [2.05, 4.69) is 241 Å². The number of para-hydroxylation sites is 2. The van der Waals surface area contributed by atoms with Gasteiger partial charge < -0.3 is 4.90 Å². The summed E-state index contributed by atoms with van der Waals surface area (Å²) >= 11 is 0. The Morgan fingerprint density at radius 3 is 1.37 bits per heavy atom. The zero-order chi connectivity index (χ0) is 39.1. The molecule has 1 heteroatoms. The fraction of sp³-hybridized carbons (Fsp3) is 0. The average Bonchev–Trinajstić information content (AvgIpc) is 3.32. The molecule has 0 heterocycles. The van der Waals surface area contributed by atoms with Crippen LogP contribution >= 0.6 is 0 Å². The lowest BCUT2D eigenvalue weighted by Crippen LogP contribution is -2.09. The predicted molar refractivity (Wildman–Crippen MR) is 253 cm³/mol. The molecule has 0 saturated carbocycles. The van der Waals surface area contributed by atoms with E-state index in [1.165, 1.54) is 87.6 Å². The van der Waals surface area contributed by atoms with E-state index >= 15 is 0 Å². The first-order chi connectivity index (χ1) is 29.3. The van der Waals surface area contributed by atoms with E-state index in [4.69, 9.17) is 0 Å². The highest BCUT2D eigenvalue weighted by molar-refractivity contribution is 6.33. The lowest BCUT2D eigenvalue weighted by Gasteiger charge is -2.26. The third-order valence-corrected chi connectivity index (χ3v) is 11.8. The Labute approximate surface area is 344 Å². The van der Waals surface area contributed by atoms with Crippen molar-refractivity contribution in [3.05, 3.63) is 237 Å². The maximum absolute atomic E-state index is 2.44. The van der Waals surface area contributed by atoms with Gasteiger partial charge in [-0.15, -0.1) is 0 Å². The van der Waals surface area contributed by atoms with Gasteiger partial charge in [-0.1, -0.05) is 182 Å². The van der Waals surface area contributed by atoms with Crippen LogP contribution < -0.4 is 4.90 Å². The van der Waals surface area contributed by atoms with Crippen LogP contribution in [0.2, 0.25) is 0 Å². The van der Waals surface area contributed by atoms with Crippen molar-refractivity contribution in [1.82, 2.24) is 0 Å². The number of benzene rings is 11. The van der Waals surface area contributed by atoms with Gasteiger partial charge in [0.05, 0.1) is 0 Å². The van der Waals surface area contributed by atoms with E-state index in [1.807, 2.05) is 0 Å². The maximum Gasteiger partial charge on any atom is 0.0462 e. The molecule has 0 aliphatic carbocycles. The predicted octanol–water partition coefficient (Wildman–Crippen LogP) is 16.4. The van der Waals surface area contributed by atoms with Crippen molar-refractivity contribution in [3.63, 3.8) is 0 Å². The Bertz CT molecular complexity index is 3240. The number of hydrogen-bond donors (Lipinski definition) is 0. The van der Waals surface area contributed by atoms with Crippen LogP contribution in [0.3, 0.4) is 0 Å². The second-order valence-corrected chi connectivity index (χ2v) is 15.2. The smallest absolute Gasteiger partial charge is 0.0462 e. The molecule has 11 aromatic rings. The molecule has 0 spiro atoms. The summed E-state index contributed by atoms with van der Waals surface area (Å²) in [5, 5.41) is 10.0. The van der Waals surface area contributed by atoms with E-state index < -0.39 is 0 Å². The van der Waals surface area contributed by atoms with Crippen LogP contribution in [-0.4, -0.2) is 0 Å². The lowest BCUT2D eigenvalue weighted by atomic mass is 9.81. The zero-order valence-corrected chi connectivity index (χ0v) is 32.5. The Morgan fingerprint density at radius 1 is 0.237 bits per heavy atom. The number of rotatable bonds is 7. The van der Waals surface area contributed by atoms with Gasteiger partial charge in [0.25, 0.3) is 0 Å². The van der Waals surface area contributed by atoms with Crippen LogP contribution in [0, 0.1) is 0 Å². The van der Waals surface area contributed by atoms with Crippen molar-refractivity contribution < 1.29 is 0 Å². The molecule has 0 saturated heterocycles. The number of anilines is 3. The van der Waals surface area contributed by atoms with Gasteiger partial charge in [0.2, 0.25) is 0 Å². The van der Waals surface area contributed by atoms with E-state index in [0.717, 1.165) is 17.1 Å².